The fourth-order valence-corrected chi connectivity index (χ4v) is 1.49. The number of benzene rings is 1. The van der Waals surface area contributed by atoms with E-state index in [4.69, 9.17) is 9.47 Å². The number of methoxy groups -OCH3 is 2. The Morgan fingerprint density at radius 1 is 1.19 bits per heavy atom. The molecule has 0 aliphatic rings. The second-order valence-electron chi connectivity index (χ2n) is 4.05. The molecule has 3 heteroatoms. The zero-order valence-corrected chi connectivity index (χ0v) is 10.7. The summed E-state index contributed by atoms with van der Waals surface area (Å²) in [6, 6.07) is 6.29. The molecule has 0 spiro atoms. The lowest BCUT2D eigenvalue weighted by Gasteiger charge is -2.22. The summed E-state index contributed by atoms with van der Waals surface area (Å²) < 4.78 is 10.5. The molecule has 0 aliphatic heterocycles. The molecule has 1 aromatic carbocycles. The van der Waals surface area contributed by atoms with Crippen molar-refractivity contribution >= 4 is 5.69 Å². The van der Waals surface area contributed by atoms with Gasteiger partial charge in [0, 0.05) is 18.8 Å². The third-order valence-electron chi connectivity index (χ3n) is 2.89. The van der Waals surface area contributed by atoms with Crippen LogP contribution in [0.25, 0.3) is 0 Å². The number of hydrogen-bond acceptors (Lipinski definition) is 3. The summed E-state index contributed by atoms with van der Waals surface area (Å²) in [5.41, 5.74) is 2.30. The molecule has 0 aliphatic carbocycles. The summed E-state index contributed by atoms with van der Waals surface area (Å²) in [4.78, 5) is 0. The standard InChI is InChI=1S/C13H21NO2/c1-9-8-12(16-5)6-7-13(9)14-10(2)11(3)15-4/h6-8,10-11,14H,1-5H3. The van der Waals surface area contributed by atoms with E-state index >= 15 is 0 Å². The lowest BCUT2D eigenvalue weighted by Crippen LogP contribution is -2.29. The molecule has 0 aromatic heterocycles. The molecule has 90 valence electrons. The number of aryl methyl sites for hydroxylation is 1. The summed E-state index contributed by atoms with van der Waals surface area (Å²) in [5.74, 6) is 0.885. The van der Waals surface area contributed by atoms with E-state index in [1.54, 1.807) is 14.2 Å². The van der Waals surface area contributed by atoms with Gasteiger partial charge in [0.05, 0.1) is 13.2 Å². The van der Waals surface area contributed by atoms with Crippen molar-refractivity contribution < 1.29 is 9.47 Å². The van der Waals surface area contributed by atoms with Crippen molar-refractivity contribution in [3.8, 4) is 5.75 Å². The predicted octanol–water partition coefficient (Wildman–Crippen LogP) is 2.84. The van der Waals surface area contributed by atoms with Crippen LogP contribution in [0.5, 0.6) is 5.75 Å². The monoisotopic (exact) mass is 223 g/mol. The Balaban J connectivity index is 2.74. The highest BCUT2D eigenvalue weighted by atomic mass is 16.5. The normalized spacial score (nSPS) is 14.3. The topological polar surface area (TPSA) is 30.5 Å². The predicted molar refractivity (Wildman–Crippen MR) is 67.3 cm³/mol. The maximum absolute atomic E-state index is 5.28. The van der Waals surface area contributed by atoms with Crippen LogP contribution in [0.1, 0.15) is 19.4 Å². The van der Waals surface area contributed by atoms with E-state index in [-0.39, 0.29) is 12.1 Å². The van der Waals surface area contributed by atoms with Crippen molar-refractivity contribution in [3.05, 3.63) is 23.8 Å². The molecule has 16 heavy (non-hydrogen) atoms. The fourth-order valence-electron chi connectivity index (χ4n) is 1.49. The Morgan fingerprint density at radius 3 is 2.38 bits per heavy atom. The molecule has 3 nitrogen and oxygen atoms in total. The second kappa shape index (κ2) is 5.75. The molecule has 1 N–H and O–H groups in total. The van der Waals surface area contributed by atoms with Crippen LogP contribution in [0.3, 0.4) is 0 Å². The van der Waals surface area contributed by atoms with Crippen LogP contribution in [0.4, 0.5) is 5.69 Å². The highest BCUT2D eigenvalue weighted by Gasteiger charge is 2.11. The van der Waals surface area contributed by atoms with Gasteiger partial charge in [-0.2, -0.15) is 0 Å². The number of rotatable bonds is 5. The molecule has 2 atom stereocenters. The second-order valence-corrected chi connectivity index (χ2v) is 4.05. The lowest BCUT2D eigenvalue weighted by molar-refractivity contribution is 0.106. The zero-order chi connectivity index (χ0) is 12.1. The first-order chi connectivity index (χ1) is 7.58. The maximum Gasteiger partial charge on any atom is 0.119 e. The average molecular weight is 223 g/mol. The fraction of sp³-hybridized carbons (Fsp3) is 0.538. The minimum absolute atomic E-state index is 0.182. The summed E-state index contributed by atoms with van der Waals surface area (Å²) >= 11 is 0. The van der Waals surface area contributed by atoms with E-state index in [2.05, 4.69) is 26.1 Å². The van der Waals surface area contributed by atoms with Crippen LogP contribution in [-0.2, 0) is 4.74 Å². The van der Waals surface area contributed by atoms with Gasteiger partial charge in [-0.3, -0.25) is 0 Å². The van der Waals surface area contributed by atoms with Gasteiger partial charge in [-0.05, 0) is 44.5 Å². The van der Waals surface area contributed by atoms with Crippen LogP contribution in [0.2, 0.25) is 0 Å². The van der Waals surface area contributed by atoms with Gasteiger partial charge in [-0.1, -0.05) is 0 Å². The summed E-state index contributed by atoms with van der Waals surface area (Å²) in [6.07, 6.45) is 0.182. The molecule has 0 heterocycles. The van der Waals surface area contributed by atoms with Gasteiger partial charge in [0.15, 0.2) is 0 Å². The molecular formula is C13H21NO2. The van der Waals surface area contributed by atoms with Gasteiger partial charge < -0.3 is 14.8 Å². The molecule has 0 bridgehead atoms. The number of hydrogen-bond donors (Lipinski definition) is 1. The Hall–Kier alpha value is -1.22. The molecule has 0 amide bonds. The molecule has 0 saturated carbocycles. The van der Waals surface area contributed by atoms with E-state index < -0.39 is 0 Å². The third kappa shape index (κ3) is 3.14. The first kappa shape index (κ1) is 12.8. The maximum atomic E-state index is 5.28. The van der Waals surface area contributed by atoms with Gasteiger partial charge in [-0.25, -0.2) is 0 Å². The molecule has 0 radical (unpaired) electrons. The number of nitrogens with one attached hydrogen (secondary N) is 1. The quantitative estimate of drug-likeness (QED) is 0.832. The molecule has 1 aromatic rings. The van der Waals surface area contributed by atoms with E-state index in [0.717, 1.165) is 11.4 Å². The summed E-state index contributed by atoms with van der Waals surface area (Å²) in [7, 11) is 3.40. The molecule has 0 fully saturated rings. The average Bonchev–Trinajstić information content (AvgIpc) is 2.30. The highest BCUT2D eigenvalue weighted by molar-refractivity contribution is 5.54. The smallest absolute Gasteiger partial charge is 0.119 e. The summed E-state index contributed by atoms with van der Waals surface area (Å²) in [6.45, 7) is 6.23. The van der Waals surface area contributed by atoms with E-state index in [0.29, 0.717) is 0 Å². The Kier molecular flexibility index (Phi) is 4.62. The molecule has 2 unspecified atom stereocenters. The zero-order valence-electron chi connectivity index (χ0n) is 10.7. The van der Waals surface area contributed by atoms with Gasteiger partial charge in [0.25, 0.3) is 0 Å². The minimum Gasteiger partial charge on any atom is -0.497 e. The van der Waals surface area contributed by atoms with Crippen molar-refractivity contribution in [2.24, 2.45) is 0 Å². The molecule has 0 saturated heterocycles. The van der Waals surface area contributed by atoms with E-state index in [9.17, 15) is 0 Å². The van der Waals surface area contributed by atoms with Crippen molar-refractivity contribution in [1.82, 2.24) is 0 Å². The van der Waals surface area contributed by atoms with Crippen LogP contribution in [-0.4, -0.2) is 26.4 Å². The van der Waals surface area contributed by atoms with Crippen molar-refractivity contribution in [2.75, 3.05) is 19.5 Å². The minimum atomic E-state index is 0.182. The van der Waals surface area contributed by atoms with Crippen LogP contribution in [0.15, 0.2) is 18.2 Å². The van der Waals surface area contributed by atoms with Gasteiger partial charge in [0.2, 0.25) is 0 Å². The third-order valence-corrected chi connectivity index (χ3v) is 2.89. The molecule has 1 rings (SSSR count). The van der Waals surface area contributed by atoms with E-state index in [1.807, 2.05) is 18.2 Å². The van der Waals surface area contributed by atoms with Crippen LogP contribution in [0, 0.1) is 6.92 Å². The SMILES string of the molecule is COc1ccc(NC(C)C(C)OC)c(C)c1. The van der Waals surface area contributed by atoms with Gasteiger partial charge in [0.1, 0.15) is 5.75 Å². The number of ether oxygens (including phenoxy) is 2. The first-order valence-electron chi connectivity index (χ1n) is 5.52. The lowest BCUT2D eigenvalue weighted by atomic mass is 10.1. The Labute approximate surface area is 97.8 Å². The Bertz CT molecular complexity index is 339. The van der Waals surface area contributed by atoms with Gasteiger partial charge >= 0.3 is 0 Å². The highest BCUT2D eigenvalue weighted by Crippen LogP contribution is 2.22. The van der Waals surface area contributed by atoms with E-state index in [1.165, 1.54) is 5.56 Å². The van der Waals surface area contributed by atoms with Gasteiger partial charge in [-0.15, -0.1) is 0 Å². The van der Waals surface area contributed by atoms with Crippen LogP contribution < -0.4 is 10.1 Å². The van der Waals surface area contributed by atoms with Crippen molar-refractivity contribution in [3.63, 3.8) is 0 Å². The molecular weight excluding hydrogens is 202 g/mol. The van der Waals surface area contributed by atoms with Crippen LogP contribution >= 0.6 is 0 Å². The van der Waals surface area contributed by atoms with Crippen molar-refractivity contribution in [2.45, 2.75) is 32.9 Å². The summed E-state index contributed by atoms with van der Waals surface area (Å²) in [5, 5.41) is 3.43. The van der Waals surface area contributed by atoms with Crippen molar-refractivity contribution in [1.29, 1.82) is 0 Å². The first-order valence-corrected chi connectivity index (χ1v) is 5.52. The largest absolute Gasteiger partial charge is 0.497 e. The Morgan fingerprint density at radius 2 is 1.88 bits per heavy atom. The number of anilines is 1.